The molecule has 7 atom stereocenters. The lowest BCUT2D eigenvalue weighted by atomic mass is 9.85. The summed E-state index contributed by atoms with van der Waals surface area (Å²) in [7, 11) is 0. The van der Waals surface area contributed by atoms with Crippen molar-refractivity contribution in [2.75, 3.05) is 26.2 Å². The smallest absolute Gasteiger partial charge is 0.247 e. The number of thiazole rings is 1. The highest BCUT2D eigenvalue weighted by Gasteiger charge is 2.46. The molecule has 2 fully saturated rings. The zero-order valence-corrected chi connectivity index (χ0v) is 47.9. The van der Waals surface area contributed by atoms with Gasteiger partial charge in [0.25, 0.3) is 0 Å². The van der Waals surface area contributed by atoms with Crippen molar-refractivity contribution in [3.8, 4) is 15.4 Å². The van der Waals surface area contributed by atoms with E-state index in [-0.39, 0.29) is 31.4 Å². The number of aromatic nitrogens is 4. The largest absolute Gasteiger partial charge is 0.391 e. The van der Waals surface area contributed by atoms with Gasteiger partial charge in [-0.2, -0.15) is 0 Å². The fourth-order valence-electron chi connectivity index (χ4n) is 9.72. The molecule has 0 radical (unpaired) electrons. The van der Waals surface area contributed by atoms with Crippen molar-refractivity contribution < 1.29 is 48.3 Å². The molecule has 0 aliphatic carbocycles. The molecule has 3 aliphatic heterocycles. The van der Waals surface area contributed by atoms with Crippen LogP contribution in [0.4, 0.5) is 0 Å². The Morgan fingerprint density at radius 2 is 1.49 bits per heavy atom. The number of carbonyl (C=O) groups excluding carboxylic acids is 9. The summed E-state index contributed by atoms with van der Waals surface area (Å²) < 4.78 is 1.86. The summed E-state index contributed by atoms with van der Waals surface area (Å²) in [4.78, 5) is 138. The molecular formula is C54H63ClN14O10S2. The van der Waals surface area contributed by atoms with E-state index in [1.165, 1.54) is 22.7 Å². The monoisotopic (exact) mass is 1170 g/mol. The summed E-state index contributed by atoms with van der Waals surface area (Å²) in [6.45, 7) is 10.2. The number of nitrogens with one attached hydrogen (secondary N) is 7. The second kappa shape index (κ2) is 24.8. The fourth-order valence-corrected chi connectivity index (χ4v) is 11.9. The molecule has 2 aromatic carbocycles. The Labute approximate surface area is 478 Å². The number of aliphatic imine (C=N–C) groups is 1. The van der Waals surface area contributed by atoms with E-state index in [0.29, 0.717) is 22.4 Å². The normalized spacial score (nSPS) is 22.5. The van der Waals surface area contributed by atoms with Crippen LogP contribution >= 0.6 is 34.3 Å². The number of aliphatic hydroxyl groups excluding tert-OH is 1. The van der Waals surface area contributed by atoms with Crippen LogP contribution < -0.4 is 43.0 Å². The molecule has 0 spiro atoms. The van der Waals surface area contributed by atoms with Crippen molar-refractivity contribution in [2.24, 2.45) is 16.1 Å². The highest BCUT2D eigenvalue weighted by atomic mass is 35.5. The van der Waals surface area contributed by atoms with Crippen molar-refractivity contribution in [1.82, 2.24) is 61.9 Å². The molecule has 428 valence electrons. The van der Waals surface area contributed by atoms with Crippen LogP contribution in [0.5, 0.6) is 0 Å². The SMILES string of the molecule is Cc1ncsc1-c1ccc([C@@H]2NC(=O)[C@@H]3C[C@@H](O)CN3C(=O)[C@H](C(C)(C)C)NC(=O)CNC(=O)[C@H](CCC(N)=O)NC(=O)[C@@H](CNC(=O)C[C@@H]3N=C(c4ccc(Cl)cc4)c4c(sc(C)c4C)-n4c(C)nnc43)NC(=O)CNC2=O)cc1. The Bertz CT molecular complexity index is 3310. The van der Waals surface area contributed by atoms with E-state index in [9.17, 15) is 48.3 Å². The number of nitrogens with two attached hydrogens (primary N) is 1. The van der Waals surface area contributed by atoms with Gasteiger partial charge in [0, 0.05) is 47.0 Å². The van der Waals surface area contributed by atoms with Gasteiger partial charge in [-0.05, 0) is 68.4 Å². The molecule has 0 saturated carbocycles. The van der Waals surface area contributed by atoms with Crippen molar-refractivity contribution in [1.29, 1.82) is 0 Å². The van der Waals surface area contributed by atoms with E-state index in [0.717, 1.165) is 47.6 Å². The van der Waals surface area contributed by atoms with Crippen LogP contribution in [0, 0.1) is 33.1 Å². The van der Waals surface area contributed by atoms with E-state index < -0.39 is 127 Å². The molecule has 2 saturated heterocycles. The lowest BCUT2D eigenvalue weighted by Gasteiger charge is -2.35. The average Bonchev–Trinajstić information content (AvgIpc) is 4.29. The number of fused-ring (bicyclic) bond motifs is 4. The molecule has 81 heavy (non-hydrogen) atoms. The van der Waals surface area contributed by atoms with Crippen LogP contribution in [0.15, 0.2) is 59.0 Å². The van der Waals surface area contributed by atoms with Crippen LogP contribution in [0.3, 0.4) is 0 Å². The quantitative estimate of drug-likeness (QED) is 0.0961. The number of benzene rings is 2. The number of aryl methyl sites for hydroxylation is 3. The molecule has 3 aromatic heterocycles. The summed E-state index contributed by atoms with van der Waals surface area (Å²) in [5.74, 6) is -6.79. The van der Waals surface area contributed by atoms with Gasteiger partial charge in [0.2, 0.25) is 53.2 Å². The van der Waals surface area contributed by atoms with Gasteiger partial charge in [0.1, 0.15) is 47.1 Å². The van der Waals surface area contributed by atoms with Gasteiger partial charge in [-0.3, -0.25) is 52.7 Å². The van der Waals surface area contributed by atoms with E-state index >= 15 is 0 Å². The molecule has 3 aliphatic rings. The number of primary amides is 1. The summed E-state index contributed by atoms with van der Waals surface area (Å²) in [6, 6.07) is 5.50. The Kier molecular flexibility index (Phi) is 18.1. The minimum Gasteiger partial charge on any atom is -0.391 e. The van der Waals surface area contributed by atoms with Crippen LogP contribution in [0.25, 0.3) is 15.4 Å². The lowest BCUT2D eigenvalue weighted by molar-refractivity contribution is -0.144. The maximum atomic E-state index is 14.4. The molecule has 0 unspecified atom stereocenters. The van der Waals surface area contributed by atoms with Crippen molar-refractivity contribution >= 4 is 93.2 Å². The number of halogens is 1. The van der Waals surface area contributed by atoms with Gasteiger partial charge in [-0.1, -0.05) is 68.8 Å². The minimum atomic E-state index is -1.66. The van der Waals surface area contributed by atoms with Crippen molar-refractivity contribution in [3.05, 3.63) is 104 Å². The van der Waals surface area contributed by atoms with Gasteiger partial charge >= 0.3 is 0 Å². The predicted molar refractivity (Wildman–Crippen MR) is 300 cm³/mol. The van der Waals surface area contributed by atoms with Gasteiger partial charge in [-0.25, -0.2) is 4.98 Å². The van der Waals surface area contributed by atoms with Gasteiger partial charge < -0.3 is 53.0 Å². The molecule has 5 aromatic rings. The number of nitrogens with zero attached hydrogens (tertiary/aromatic N) is 6. The van der Waals surface area contributed by atoms with Gasteiger partial charge in [-0.15, -0.1) is 32.9 Å². The Hall–Kier alpha value is -7.94. The highest BCUT2D eigenvalue weighted by molar-refractivity contribution is 7.15. The number of thiophene rings is 1. The molecule has 27 heteroatoms. The van der Waals surface area contributed by atoms with E-state index in [1.54, 1.807) is 69.6 Å². The Balaban J connectivity index is 1.10. The average molecular weight is 1170 g/mol. The van der Waals surface area contributed by atoms with Crippen LogP contribution in [-0.4, -0.2) is 145 Å². The lowest BCUT2D eigenvalue weighted by Crippen LogP contribution is -2.59. The van der Waals surface area contributed by atoms with Crippen LogP contribution in [0.1, 0.15) is 103 Å². The Morgan fingerprint density at radius 3 is 2.15 bits per heavy atom. The number of amides is 9. The highest BCUT2D eigenvalue weighted by Crippen LogP contribution is 2.40. The number of rotatable bonds is 10. The molecule has 10 N–H and O–H groups in total. The van der Waals surface area contributed by atoms with Crippen molar-refractivity contribution in [2.45, 2.75) is 117 Å². The number of aliphatic hydroxyl groups is 1. The van der Waals surface area contributed by atoms with Crippen molar-refractivity contribution in [3.63, 3.8) is 0 Å². The van der Waals surface area contributed by atoms with Gasteiger partial charge in [0.05, 0.1) is 47.4 Å². The molecule has 6 heterocycles. The third-order valence-electron chi connectivity index (χ3n) is 14.1. The number of hydrogen-bond donors (Lipinski definition) is 9. The first-order valence-corrected chi connectivity index (χ1v) is 28.1. The second-order valence-electron chi connectivity index (χ2n) is 21.1. The topological polar surface area (TPSA) is 343 Å². The van der Waals surface area contributed by atoms with Gasteiger partial charge in [0.15, 0.2) is 5.82 Å². The zero-order chi connectivity index (χ0) is 58.6. The maximum absolute atomic E-state index is 14.4. The second-order valence-corrected chi connectivity index (χ2v) is 23.6. The standard InChI is InChI=1S/C54H63ClN14O10S2/c1-25-27(3)81-53-42(25)43(29-12-14-32(55)15-13-29)62-35(47-67-66-28(4)69(47)53)19-39(72)57-20-36-49(76)63-34(16-17-38(56)71)48(75)58-22-41(74)64-46(54(5,6)7)52(79)68-23-33(70)18-37(68)50(77)65-44(51(78)59-21-40(73)61-36)30-8-10-31(11-9-30)45-26(2)60-24-80-45/h8-15,24,33-37,44,46,70H,16-23H2,1-7H3,(H2,56,71)(H,57,72)(H,58,75)(H,59,78)(H,61,73)(H,63,76)(H,64,74)(H,65,77)/t33-,34+,35+,36-,37+,44+,46-/m1/s1. The summed E-state index contributed by atoms with van der Waals surface area (Å²) in [6.07, 6.45) is -2.50. The number of carbonyl (C=O) groups is 9. The summed E-state index contributed by atoms with van der Waals surface area (Å²) in [5, 5.41) is 39.1. The van der Waals surface area contributed by atoms with Crippen LogP contribution in [-0.2, 0) is 43.2 Å². The summed E-state index contributed by atoms with van der Waals surface area (Å²) >= 11 is 9.22. The first kappa shape index (κ1) is 59.2. The predicted octanol–water partition coefficient (Wildman–Crippen LogP) is 1.57. The molecule has 9 amide bonds. The molecular weight excluding hydrogens is 1100 g/mol. The Morgan fingerprint density at radius 1 is 0.827 bits per heavy atom. The van der Waals surface area contributed by atoms with E-state index in [1.807, 2.05) is 37.5 Å². The van der Waals surface area contributed by atoms with E-state index in [4.69, 9.17) is 22.3 Å². The molecule has 0 bridgehead atoms. The first-order chi connectivity index (χ1) is 38.4. The summed E-state index contributed by atoms with van der Waals surface area (Å²) in [5.41, 5.74) is 11.1. The zero-order valence-electron chi connectivity index (χ0n) is 45.5. The number of hydrogen-bond acceptors (Lipinski definition) is 16. The third-order valence-corrected chi connectivity index (χ3v) is 16.6. The minimum absolute atomic E-state index is 0.223. The van der Waals surface area contributed by atoms with E-state index in [2.05, 4.69) is 52.4 Å². The third kappa shape index (κ3) is 13.6. The molecule has 24 nitrogen and oxygen atoms in total. The maximum Gasteiger partial charge on any atom is 0.247 e. The molecule has 8 rings (SSSR count). The van der Waals surface area contributed by atoms with Crippen LogP contribution in [0.2, 0.25) is 5.02 Å². The fraction of sp³-hybridized carbons (Fsp3) is 0.426. The first-order valence-electron chi connectivity index (χ1n) is 26.0.